The second-order valence-corrected chi connectivity index (χ2v) is 14.3. The van der Waals surface area contributed by atoms with E-state index >= 15 is 0 Å². The fourth-order valence-electron chi connectivity index (χ4n) is 9.46. The van der Waals surface area contributed by atoms with Crippen LogP contribution in [0.1, 0.15) is 0 Å². The number of benzene rings is 8. The van der Waals surface area contributed by atoms with E-state index in [4.69, 9.17) is 0 Å². The van der Waals surface area contributed by atoms with E-state index in [1.165, 1.54) is 111 Å². The van der Waals surface area contributed by atoms with E-state index in [0.717, 1.165) is 0 Å². The largest absolute Gasteiger partial charge is 0.344 e. The minimum atomic E-state index is 1.17. The van der Waals surface area contributed by atoms with E-state index in [9.17, 15) is 0 Å². The van der Waals surface area contributed by atoms with Gasteiger partial charge in [-0.1, -0.05) is 97.1 Å². The first-order valence-corrected chi connectivity index (χ1v) is 18.0. The van der Waals surface area contributed by atoms with Crippen LogP contribution in [-0.2, 0) is 0 Å². The van der Waals surface area contributed by atoms with Gasteiger partial charge in [0.2, 0.25) is 0 Å². The molecule has 0 saturated carbocycles. The molecule has 0 amide bonds. The molecule has 10 aromatic rings. The summed E-state index contributed by atoms with van der Waals surface area (Å²) in [6, 6.07) is 58.3. The Bertz CT molecular complexity index is 2860. The molecular weight excluding hydrogens is 633 g/mol. The maximum Gasteiger partial charge on any atom is 0.0541 e. The molecule has 4 heterocycles. The summed E-state index contributed by atoms with van der Waals surface area (Å²) >= 11 is 0. The summed E-state index contributed by atoms with van der Waals surface area (Å²) in [5, 5.41) is 7.75. The summed E-state index contributed by atoms with van der Waals surface area (Å²) < 4.78 is 4.82. The lowest BCUT2D eigenvalue weighted by Gasteiger charge is -2.36. The lowest BCUT2D eigenvalue weighted by molar-refractivity contribution is 1.14. The zero-order valence-corrected chi connectivity index (χ0v) is 28.8. The zero-order chi connectivity index (χ0) is 34.2. The first kappa shape index (κ1) is 28.0. The van der Waals surface area contributed by atoms with Crippen molar-refractivity contribution < 1.29 is 0 Å². The smallest absolute Gasteiger partial charge is 0.0541 e. The quantitative estimate of drug-likeness (QED) is 0.183. The van der Waals surface area contributed by atoms with Crippen molar-refractivity contribution in [2.45, 2.75) is 0 Å². The average molecular weight is 665 g/mol. The molecule has 4 nitrogen and oxygen atoms in total. The molecular formula is C48H32N4. The van der Waals surface area contributed by atoms with Gasteiger partial charge in [0.25, 0.3) is 0 Å². The number of nitrogens with zero attached hydrogens (tertiary/aromatic N) is 4. The van der Waals surface area contributed by atoms with Crippen molar-refractivity contribution in [3.63, 3.8) is 0 Å². The Kier molecular flexibility index (Phi) is 5.34. The highest BCUT2D eigenvalue weighted by Gasteiger charge is 2.30. The monoisotopic (exact) mass is 664 g/mol. The summed E-state index contributed by atoms with van der Waals surface area (Å²) in [4.78, 5) is 4.78. The zero-order valence-electron chi connectivity index (χ0n) is 28.8. The fourth-order valence-corrected chi connectivity index (χ4v) is 9.46. The van der Waals surface area contributed by atoms with Crippen LogP contribution in [0.4, 0.5) is 22.7 Å². The van der Waals surface area contributed by atoms with E-state index in [1.54, 1.807) is 0 Å². The highest BCUT2D eigenvalue weighted by atomic mass is 15.1. The van der Waals surface area contributed by atoms with E-state index < -0.39 is 0 Å². The van der Waals surface area contributed by atoms with Crippen molar-refractivity contribution in [3.05, 3.63) is 158 Å². The first-order valence-electron chi connectivity index (χ1n) is 18.0. The molecule has 2 aliphatic heterocycles. The molecule has 2 aliphatic rings. The first-order chi connectivity index (χ1) is 25.7. The third kappa shape index (κ3) is 3.46. The third-order valence-electron chi connectivity index (χ3n) is 11.8. The molecule has 0 radical (unpaired) electrons. The van der Waals surface area contributed by atoms with Crippen LogP contribution in [0, 0.1) is 0 Å². The predicted molar refractivity (Wildman–Crippen MR) is 220 cm³/mol. The molecule has 0 unspecified atom stereocenters. The summed E-state index contributed by atoms with van der Waals surface area (Å²) in [7, 11) is 4.44. The molecule has 4 heteroatoms. The highest BCUT2D eigenvalue weighted by Crippen LogP contribution is 2.56. The molecule has 8 aromatic carbocycles. The Labute approximate surface area is 300 Å². The van der Waals surface area contributed by atoms with Crippen molar-refractivity contribution in [1.29, 1.82) is 0 Å². The molecule has 0 N–H and O–H groups in total. The van der Waals surface area contributed by atoms with Crippen LogP contribution in [0.25, 0.3) is 88.0 Å². The molecule has 0 spiro atoms. The highest BCUT2D eigenvalue weighted by molar-refractivity contribution is 6.23. The lowest BCUT2D eigenvalue weighted by Crippen LogP contribution is -2.19. The van der Waals surface area contributed by atoms with Crippen molar-refractivity contribution >= 4 is 77.1 Å². The summed E-state index contributed by atoms with van der Waals surface area (Å²) in [6.07, 6.45) is 0. The topological polar surface area (TPSA) is 16.3 Å². The van der Waals surface area contributed by atoms with Gasteiger partial charge in [-0.2, -0.15) is 0 Å². The van der Waals surface area contributed by atoms with E-state index in [0.29, 0.717) is 0 Å². The molecule has 0 atom stereocenters. The standard InChI is InChI=1S/C48H32N4/c1-49-43-25-26-44-48-38(36-22-20-30(28-46(36)50(44)2)52-41-17-9-5-13-33(41)34-14-6-10-18-42(34)52)24-23-37(47(43)48)35-21-19-29(27-45(35)49)51-39-15-7-3-11-31(39)32-12-4-8-16-40(32)51/h3-28H,1-2H3. The van der Waals surface area contributed by atoms with Crippen molar-refractivity contribution in [1.82, 2.24) is 9.13 Å². The lowest BCUT2D eigenvalue weighted by atomic mass is 9.84. The van der Waals surface area contributed by atoms with Gasteiger partial charge in [-0.25, -0.2) is 0 Å². The van der Waals surface area contributed by atoms with Gasteiger partial charge in [0, 0.05) is 80.3 Å². The van der Waals surface area contributed by atoms with E-state index in [2.05, 4.69) is 191 Å². The van der Waals surface area contributed by atoms with Crippen LogP contribution in [0.15, 0.2) is 158 Å². The Hall–Kier alpha value is -6.78. The van der Waals surface area contributed by atoms with Gasteiger partial charge < -0.3 is 18.9 Å². The number of hydrogen-bond acceptors (Lipinski definition) is 2. The third-order valence-corrected chi connectivity index (χ3v) is 11.8. The number of para-hydroxylation sites is 4. The van der Waals surface area contributed by atoms with Crippen molar-refractivity contribution in [2.75, 3.05) is 23.9 Å². The van der Waals surface area contributed by atoms with Crippen molar-refractivity contribution in [3.8, 4) is 33.6 Å². The number of rotatable bonds is 2. The van der Waals surface area contributed by atoms with Crippen LogP contribution >= 0.6 is 0 Å². The number of hydrogen-bond donors (Lipinski definition) is 0. The van der Waals surface area contributed by atoms with E-state index in [1.807, 2.05) is 0 Å². The van der Waals surface area contributed by atoms with Gasteiger partial charge >= 0.3 is 0 Å². The fraction of sp³-hybridized carbons (Fsp3) is 0.0417. The maximum absolute atomic E-state index is 2.41. The molecule has 2 aromatic heterocycles. The van der Waals surface area contributed by atoms with E-state index in [-0.39, 0.29) is 0 Å². The minimum Gasteiger partial charge on any atom is -0.344 e. The van der Waals surface area contributed by atoms with Gasteiger partial charge in [0.05, 0.1) is 33.4 Å². The molecule has 0 bridgehead atoms. The van der Waals surface area contributed by atoms with Crippen LogP contribution in [0.3, 0.4) is 0 Å². The van der Waals surface area contributed by atoms with Crippen LogP contribution in [0.2, 0.25) is 0 Å². The maximum atomic E-state index is 2.41. The predicted octanol–water partition coefficient (Wildman–Crippen LogP) is 12.5. The van der Waals surface area contributed by atoms with Crippen LogP contribution in [0.5, 0.6) is 0 Å². The molecule has 0 fully saturated rings. The summed E-state index contributed by atoms with van der Waals surface area (Å²) in [6.45, 7) is 0. The molecule has 0 aliphatic carbocycles. The molecule has 52 heavy (non-hydrogen) atoms. The Morgan fingerprint density at radius 3 is 1.00 bits per heavy atom. The number of anilines is 4. The Morgan fingerprint density at radius 2 is 0.635 bits per heavy atom. The van der Waals surface area contributed by atoms with Gasteiger partial charge in [-0.05, 0) is 71.8 Å². The van der Waals surface area contributed by atoms with Gasteiger partial charge in [-0.15, -0.1) is 0 Å². The SMILES string of the molecule is CN1c2cc(-n3c4ccccc4c4ccccc43)ccc2-c2ccc3c4c(ccc1c24)N(C)c1cc(-n2c4ccccc4c4ccccc42)ccc1-3. The summed E-state index contributed by atoms with van der Waals surface area (Å²) in [5.41, 5.74) is 17.3. The summed E-state index contributed by atoms with van der Waals surface area (Å²) in [5.74, 6) is 0. The van der Waals surface area contributed by atoms with Crippen LogP contribution < -0.4 is 9.80 Å². The van der Waals surface area contributed by atoms with Gasteiger partial charge in [-0.3, -0.25) is 0 Å². The molecule has 244 valence electrons. The van der Waals surface area contributed by atoms with Gasteiger partial charge in [0.1, 0.15) is 0 Å². The Morgan fingerprint density at radius 1 is 0.308 bits per heavy atom. The normalized spacial score (nSPS) is 13.1. The molecule has 0 saturated heterocycles. The van der Waals surface area contributed by atoms with Gasteiger partial charge in [0.15, 0.2) is 0 Å². The molecule has 12 rings (SSSR count). The number of aromatic nitrogens is 2. The second kappa shape index (κ2) is 9.93. The van der Waals surface area contributed by atoms with Crippen molar-refractivity contribution in [2.24, 2.45) is 0 Å². The number of fused-ring (bicyclic) bond motifs is 10. The minimum absolute atomic E-state index is 1.17. The Balaban J connectivity index is 1.04. The second-order valence-electron chi connectivity index (χ2n) is 14.3. The average Bonchev–Trinajstić information content (AvgIpc) is 3.72. The van der Waals surface area contributed by atoms with Crippen LogP contribution in [-0.4, -0.2) is 23.2 Å².